The smallest absolute Gasteiger partial charge is 0.258 e. The lowest BCUT2D eigenvalue weighted by Gasteiger charge is -2.15. The zero-order valence-corrected chi connectivity index (χ0v) is 13.8. The van der Waals surface area contributed by atoms with Gasteiger partial charge in [0.2, 0.25) is 0 Å². The number of aliphatic hydroxyl groups is 1. The van der Waals surface area contributed by atoms with Gasteiger partial charge >= 0.3 is 0 Å². The van der Waals surface area contributed by atoms with E-state index in [0.717, 1.165) is 10.0 Å². The van der Waals surface area contributed by atoms with Crippen LogP contribution in [0.15, 0.2) is 53.0 Å². The number of nitrogens with one attached hydrogen (secondary N) is 1. The summed E-state index contributed by atoms with van der Waals surface area (Å²) in [5.41, 5.74) is 1.67. The molecule has 0 aliphatic carbocycles. The van der Waals surface area contributed by atoms with Crippen LogP contribution in [-0.4, -0.2) is 17.6 Å². The summed E-state index contributed by atoms with van der Waals surface area (Å²) in [4.78, 5) is 12.0. The number of ether oxygens (including phenoxy) is 1. The summed E-state index contributed by atoms with van der Waals surface area (Å²) in [6, 6.07) is 14.9. The van der Waals surface area contributed by atoms with Crippen LogP contribution in [0.3, 0.4) is 0 Å². The quantitative estimate of drug-likeness (QED) is 0.828. The van der Waals surface area contributed by atoms with Crippen molar-refractivity contribution in [2.75, 3.05) is 6.61 Å². The summed E-state index contributed by atoms with van der Waals surface area (Å²) in [7, 11) is 0. The van der Waals surface area contributed by atoms with Crippen LogP contribution in [0, 0.1) is 0 Å². The second kappa shape index (κ2) is 7.96. The zero-order chi connectivity index (χ0) is 15.9. The van der Waals surface area contributed by atoms with E-state index in [9.17, 15) is 9.90 Å². The molecule has 2 rings (SSSR count). The third-order valence-corrected chi connectivity index (χ3v) is 3.72. The largest absolute Gasteiger partial charge is 0.483 e. The van der Waals surface area contributed by atoms with E-state index in [1.165, 1.54) is 0 Å². The number of aliphatic hydroxyl groups excluding tert-OH is 1. The van der Waals surface area contributed by atoms with E-state index in [-0.39, 0.29) is 25.2 Å². The Balaban J connectivity index is 1.90. The van der Waals surface area contributed by atoms with Gasteiger partial charge in [-0.3, -0.25) is 4.79 Å². The molecule has 0 saturated heterocycles. The van der Waals surface area contributed by atoms with Crippen LogP contribution in [-0.2, 0) is 11.4 Å². The Morgan fingerprint density at radius 2 is 2.00 bits per heavy atom. The second-order valence-corrected chi connectivity index (χ2v) is 5.81. The molecule has 1 atom stereocenters. The maximum Gasteiger partial charge on any atom is 0.258 e. The molecule has 0 heterocycles. The van der Waals surface area contributed by atoms with Gasteiger partial charge in [-0.15, -0.1) is 0 Å². The first-order valence-electron chi connectivity index (χ1n) is 6.96. The standard InChI is InChI=1S/C17H18BrNO3/c1-12(13-5-3-2-4-6-13)19-17(21)11-22-16-8-7-15(18)9-14(16)10-20/h2-9,12,20H,10-11H2,1H3,(H,19,21)/t12-/m0/s1. The molecule has 0 aliphatic heterocycles. The third kappa shape index (κ3) is 4.58. The van der Waals surface area contributed by atoms with Gasteiger partial charge < -0.3 is 15.2 Å². The van der Waals surface area contributed by atoms with Crippen molar-refractivity contribution in [1.82, 2.24) is 5.32 Å². The Hall–Kier alpha value is -1.85. The molecule has 0 spiro atoms. The number of hydrogen-bond acceptors (Lipinski definition) is 3. The van der Waals surface area contributed by atoms with Crippen molar-refractivity contribution in [2.24, 2.45) is 0 Å². The minimum Gasteiger partial charge on any atom is -0.483 e. The van der Waals surface area contributed by atoms with Crippen molar-refractivity contribution in [3.8, 4) is 5.75 Å². The summed E-state index contributed by atoms with van der Waals surface area (Å²) >= 11 is 3.33. The Kier molecular flexibility index (Phi) is 5.98. The zero-order valence-electron chi connectivity index (χ0n) is 12.3. The lowest BCUT2D eigenvalue weighted by molar-refractivity contribution is -0.123. The Morgan fingerprint density at radius 1 is 1.27 bits per heavy atom. The number of hydrogen-bond donors (Lipinski definition) is 2. The first kappa shape index (κ1) is 16.5. The molecular formula is C17H18BrNO3. The molecule has 0 fully saturated rings. The monoisotopic (exact) mass is 363 g/mol. The lowest BCUT2D eigenvalue weighted by atomic mass is 10.1. The van der Waals surface area contributed by atoms with E-state index in [4.69, 9.17) is 4.74 Å². The van der Waals surface area contributed by atoms with Gasteiger partial charge in [-0.2, -0.15) is 0 Å². The average molecular weight is 364 g/mol. The van der Waals surface area contributed by atoms with Crippen LogP contribution < -0.4 is 10.1 Å². The summed E-state index contributed by atoms with van der Waals surface area (Å²) in [5.74, 6) is 0.302. The highest BCUT2D eigenvalue weighted by molar-refractivity contribution is 9.10. The molecule has 2 N–H and O–H groups in total. The van der Waals surface area contributed by atoms with Gasteiger partial charge in [-0.25, -0.2) is 0 Å². The Labute approximate surface area is 138 Å². The van der Waals surface area contributed by atoms with Gasteiger partial charge in [0, 0.05) is 10.0 Å². The predicted molar refractivity (Wildman–Crippen MR) is 88.6 cm³/mol. The van der Waals surface area contributed by atoms with E-state index in [2.05, 4.69) is 21.2 Å². The number of carbonyl (C=O) groups excluding carboxylic acids is 1. The first-order chi connectivity index (χ1) is 10.6. The van der Waals surface area contributed by atoms with Crippen molar-refractivity contribution in [3.63, 3.8) is 0 Å². The number of amides is 1. The molecule has 0 unspecified atom stereocenters. The summed E-state index contributed by atoms with van der Waals surface area (Å²) in [5, 5.41) is 12.2. The second-order valence-electron chi connectivity index (χ2n) is 4.90. The highest BCUT2D eigenvalue weighted by Crippen LogP contribution is 2.23. The third-order valence-electron chi connectivity index (χ3n) is 3.23. The number of carbonyl (C=O) groups is 1. The highest BCUT2D eigenvalue weighted by atomic mass is 79.9. The van der Waals surface area contributed by atoms with Gasteiger partial charge in [-0.05, 0) is 30.7 Å². The molecule has 0 bridgehead atoms. The molecule has 5 heteroatoms. The fourth-order valence-electron chi connectivity index (χ4n) is 2.06. The van der Waals surface area contributed by atoms with Crippen LogP contribution in [0.25, 0.3) is 0 Å². The number of rotatable bonds is 6. The van der Waals surface area contributed by atoms with Gasteiger partial charge in [-0.1, -0.05) is 46.3 Å². The number of halogens is 1. The Morgan fingerprint density at radius 3 is 2.68 bits per heavy atom. The molecule has 0 saturated carbocycles. The fraction of sp³-hybridized carbons (Fsp3) is 0.235. The van der Waals surface area contributed by atoms with Gasteiger partial charge in [0.25, 0.3) is 5.91 Å². The topological polar surface area (TPSA) is 58.6 Å². The van der Waals surface area contributed by atoms with Crippen molar-refractivity contribution in [3.05, 3.63) is 64.1 Å². The van der Waals surface area contributed by atoms with Gasteiger partial charge in [0.1, 0.15) is 5.75 Å². The van der Waals surface area contributed by atoms with Gasteiger partial charge in [0.05, 0.1) is 12.6 Å². The van der Waals surface area contributed by atoms with E-state index in [1.807, 2.05) is 37.3 Å². The molecule has 2 aromatic rings. The molecule has 0 aromatic heterocycles. The highest BCUT2D eigenvalue weighted by Gasteiger charge is 2.11. The first-order valence-corrected chi connectivity index (χ1v) is 7.76. The molecule has 2 aromatic carbocycles. The lowest BCUT2D eigenvalue weighted by Crippen LogP contribution is -2.31. The van der Waals surface area contributed by atoms with Crippen LogP contribution in [0.2, 0.25) is 0 Å². The van der Waals surface area contributed by atoms with Crippen LogP contribution in [0.4, 0.5) is 0 Å². The SMILES string of the molecule is C[C@H](NC(=O)COc1ccc(Br)cc1CO)c1ccccc1. The summed E-state index contributed by atoms with van der Waals surface area (Å²) in [6.45, 7) is 1.69. The fourth-order valence-corrected chi connectivity index (χ4v) is 2.47. The predicted octanol–water partition coefficient (Wildman–Crippen LogP) is 3.20. The molecule has 0 radical (unpaired) electrons. The normalized spacial score (nSPS) is 11.8. The maximum atomic E-state index is 12.0. The van der Waals surface area contributed by atoms with E-state index in [1.54, 1.807) is 18.2 Å². The van der Waals surface area contributed by atoms with Crippen molar-refractivity contribution in [2.45, 2.75) is 19.6 Å². The van der Waals surface area contributed by atoms with Crippen molar-refractivity contribution < 1.29 is 14.6 Å². The molecule has 22 heavy (non-hydrogen) atoms. The Bertz CT molecular complexity index is 631. The summed E-state index contributed by atoms with van der Waals surface area (Å²) in [6.07, 6.45) is 0. The summed E-state index contributed by atoms with van der Waals surface area (Å²) < 4.78 is 6.34. The van der Waals surface area contributed by atoms with Crippen LogP contribution in [0.5, 0.6) is 5.75 Å². The molecule has 4 nitrogen and oxygen atoms in total. The number of benzene rings is 2. The molecule has 116 valence electrons. The van der Waals surface area contributed by atoms with Crippen molar-refractivity contribution in [1.29, 1.82) is 0 Å². The molecule has 1 amide bonds. The van der Waals surface area contributed by atoms with E-state index >= 15 is 0 Å². The minimum atomic E-state index is -0.205. The van der Waals surface area contributed by atoms with E-state index in [0.29, 0.717) is 11.3 Å². The molecule has 0 aliphatic rings. The maximum absolute atomic E-state index is 12.0. The van der Waals surface area contributed by atoms with Crippen LogP contribution in [0.1, 0.15) is 24.1 Å². The molecular weight excluding hydrogens is 346 g/mol. The average Bonchev–Trinajstić information content (AvgIpc) is 2.54. The van der Waals surface area contributed by atoms with Crippen molar-refractivity contribution >= 4 is 21.8 Å². The van der Waals surface area contributed by atoms with E-state index < -0.39 is 0 Å². The minimum absolute atomic E-state index is 0.0838. The van der Waals surface area contributed by atoms with Crippen LogP contribution >= 0.6 is 15.9 Å². The van der Waals surface area contributed by atoms with Gasteiger partial charge in [0.15, 0.2) is 6.61 Å².